The number of nitrogens with zero attached hydrogens (tertiary/aromatic N) is 5. The number of aromatic nitrogens is 4. The molecular weight excluding hydrogens is 875 g/mol. The number of fused-ring (bicyclic) bond motifs is 1. The lowest BCUT2D eigenvalue weighted by molar-refractivity contribution is -0.314. The van der Waals surface area contributed by atoms with E-state index < -0.39 is 154 Å². The van der Waals surface area contributed by atoms with Crippen LogP contribution in [0.5, 0.6) is 0 Å². The zero-order valence-corrected chi connectivity index (χ0v) is 34.0. The van der Waals surface area contributed by atoms with Crippen molar-refractivity contribution in [1.82, 2.24) is 24.8 Å². The average molecular weight is 927 g/mol. The van der Waals surface area contributed by atoms with Gasteiger partial charge < -0.3 is 103 Å². The van der Waals surface area contributed by atoms with Crippen LogP contribution in [-0.4, -0.2) is 213 Å². The number of aliphatic hydroxyl groups excluding tert-OH is 7. The van der Waals surface area contributed by atoms with Gasteiger partial charge in [0.1, 0.15) is 79.2 Å². The summed E-state index contributed by atoms with van der Waals surface area (Å²) < 4.78 is 54.2. The molecule has 5 heterocycles. The fourth-order valence-electron chi connectivity index (χ4n) is 7.76. The number of hydrogen-bond acceptors (Lipinski definition) is 24. The molecule has 4 fully saturated rings. The van der Waals surface area contributed by atoms with Crippen LogP contribution < -0.4 is 39.5 Å². The number of carbonyl (C=O) groups is 1. The molecular formula is C31H51N12O19P. The number of rotatable bonds is 15. The summed E-state index contributed by atoms with van der Waals surface area (Å²) >= 11 is 0. The van der Waals surface area contributed by atoms with Crippen molar-refractivity contribution in [2.24, 2.45) is 32.9 Å². The predicted molar refractivity (Wildman–Crippen MR) is 206 cm³/mol. The Morgan fingerprint density at radius 2 is 1.59 bits per heavy atom. The minimum atomic E-state index is -5.51. The van der Waals surface area contributed by atoms with Crippen molar-refractivity contribution in [2.75, 3.05) is 26.0 Å². The van der Waals surface area contributed by atoms with Crippen LogP contribution in [0.4, 0.5) is 5.95 Å². The third-order valence-electron chi connectivity index (χ3n) is 11.0. The van der Waals surface area contributed by atoms with Gasteiger partial charge in [-0.1, -0.05) is 0 Å². The molecule has 0 bridgehead atoms. The van der Waals surface area contributed by atoms with Gasteiger partial charge >= 0.3 is 7.82 Å². The summed E-state index contributed by atoms with van der Waals surface area (Å²) in [5.41, 5.74) is 24.5. The number of aromatic amines is 1. The summed E-state index contributed by atoms with van der Waals surface area (Å²) in [6.07, 6.45) is -25.7. The van der Waals surface area contributed by atoms with Crippen molar-refractivity contribution in [3.05, 3.63) is 16.7 Å². The number of phosphoric acid groups is 1. The van der Waals surface area contributed by atoms with Crippen LogP contribution in [0.15, 0.2) is 21.1 Å². The molecule has 2 aromatic heterocycles. The molecule has 6 rings (SSSR count). The Balaban J connectivity index is 1.26. The molecule has 3 aliphatic heterocycles. The van der Waals surface area contributed by atoms with Crippen LogP contribution in [0.25, 0.3) is 11.2 Å². The summed E-state index contributed by atoms with van der Waals surface area (Å²) in [5.74, 6) is -1.73. The van der Waals surface area contributed by atoms with Crippen LogP contribution >= 0.6 is 7.82 Å². The molecule has 31 nitrogen and oxygen atoms in total. The Kier molecular flexibility index (Phi) is 14.4. The van der Waals surface area contributed by atoms with E-state index in [1.807, 2.05) is 0 Å². The number of imidazole rings is 1. The number of nitrogens with two attached hydrogens (primary N) is 5. The highest BCUT2D eigenvalue weighted by Gasteiger charge is 2.62. The molecule has 63 heavy (non-hydrogen) atoms. The second-order valence-corrected chi connectivity index (χ2v) is 16.5. The highest BCUT2D eigenvalue weighted by atomic mass is 31.2. The van der Waals surface area contributed by atoms with Crippen molar-refractivity contribution >= 4 is 43.1 Å². The van der Waals surface area contributed by atoms with Crippen LogP contribution in [0.3, 0.4) is 0 Å². The molecule has 1 unspecified atom stereocenters. The van der Waals surface area contributed by atoms with Gasteiger partial charge in [0.15, 0.2) is 53.8 Å². The minimum Gasteiger partial charge on any atom is -0.394 e. The number of anilines is 1. The topological polar surface area (TPSA) is 511 Å². The predicted octanol–water partition coefficient (Wildman–Crippen LogP) is -9.69. The number of likely N-dealkylation sites (N-methyl/N-ethyl adjacent to an activating group) is 1. The van der Waals surface area contributed by atoms with Gasteiger partial charge in [0, 0.05) is 0 Å². The van der Waals surface area contributed by atoms with E-state index in [1.54, 1.807) is 0 Å². The second kappa shape index (κ2) is 18.8. The van der Waals surface area contributed by atoms with Crippen molar-refractivity contribution in [1.29, 1.82) is 0 Å². The highest BCUT2D eigenvalue weighted by molar-refractivity contribution is 7.47. The summed E-state index contributed by atoms with van der Waals surface area (Å²) in [6.45, 7) is -0.557. The molecule has 4 aliphatic rings. The molecule has 0 spiro atoms. The van der Waals surface area contributed by atoms with Crippen LogP contribution in [0, 0.1) is 0 Å². The first-order valence-corrected chi connectivity index (χ1v) is 20.4. The summed E-state index contributed by atoms with van der Waals surface area (Å²) in [6, 6.07) is -4.95. The molecule has 20 atom stereocenters. The van der Waals surface area contributed by atoms with E-state index in [-0.39, 0.29) is 23.4 Å². The van der Waals surface area contributed by atoms with E-state index in [0.717, 1.165) is 10.9 Å². The molecule has 0 amide bonds. The Labute approximate surface area is 354 Å². The number of nitrogen functional groups attached to an aromatic ring is 1. The minimum absolute atomic E-state index is 0.0507. The lowest BCUT2D eigenvalue weighted by atomic mass is 9.81. The Bertz CT molecular complexity index is 2110. The number of phosphoric ester groups is 1. The van der Waals surface area contributed by atoms with Gasteiger partial charge in [0.05, 0.1) is 31.7 Å². The molecule has 1 aliphatic carbocycles. The molecule has 354 valence electrons. The molecule has 32 heteroatoms. The smallest absolute Gasteiger partial charge is 0.394 e. The van der Waals surface area contributed by atoms with E-state index in [1.165, 1.54) is 14.0 Å². The maximum Gasteiger partial charge on any atom is 0.472 e. The highest BCUT2D eigenvalue weighted by Crippen LogP contribution is 2.49. The van der Waals surface area contributed by atoms with Crippen molar-refractivity contribution in [3.8, 4) is 0 Å². The Hall–Kier alpha value is -4.09. The number of nitrogens with one attached hydrogen (secondary N) is 2. The van der Waals surface area contributed by atoms with Crippen LogP contribution in [0.1, 0.15) is 13.2 Å². The first-order valence-electron chi connectivity index (χ1n) is 18.9. The van der Waals surface area contributed by atoms with E-state index in [9.17, 15) is 59.9 Å². The van der Waals surface area contributed by atoms with Crippen molar-refractivity contribution < 1.29 is 87.8 Å². The fraction of sp³-hybridized carbons (Fsp3) is 0.742. The van der Waals surface area contributed by atoms with Gasteiger partial charge in [-0.05, 0) is 14.0 Å². The number of aliphatic hydroxyl groups is 8. The first-order chi connectivity index (χ1) is 29.6. The lowest BCUT2D eigenvalue weighted by Gasteiger charge is -2.46. The normalized spacial score (nSPS) is 41.6. The van der Waals surface area contributed by atoms with E-state index >= 15 is 0 Å². The average Bonchev–Trinajstić information content (AvgIpc) is 3.84. The third kappa shape index (κ3) is 9.38. The standard InChI is InChI=1S/C31H51N12O19P/c1-7-31(53,5-45)22(61-26-12(37-2)17(49)14(46)8(3-44)59-26)27(57-7)60-20-10(39-28(32)33)16(48)11(40-29(34)35)21(19(20)51)62-63(54,55)56-4-9-15(47)18(50)25(58-9)43-6-38-13-23(43)41-30(36)42-24(13)52/h5-12,14-22,25-27,37,44,46-51,53H,3-4H2,1-2H3,(H,54,55)(H4,32,33,39)(H4,34,35,40)(H3,36,41,42,52)/t7-,8-,9+,10-,11+,12-,14-,15+,16-,17-,18+,19-,20+,21-,22-,25+,26-,27-,31+/m0/s1. The van der Waals surface area contributed by atoms with Crippen molar-refractivity contribution in [3.63, 3.8) is 0 Å². The van der Waals surface area contributed by atoms with E-state index in [2.05, 4.69) is 30.3 Å². The third-order valence-corrected chi connectivity index (χ3v) is 12.0. The van der Waals surface area contributed by atoms with E-state index in [0.29, 0.717) is 0 Å². The van der Waals surface area contributed by atoms with Gasteiger partial charge in [0.25, 0.3) is 5.56 Å². The van der Waals surface area contributed by atoms with Gasteiger partial charge in [-0.25, -0.2) is 19.5 Å². The molecule has 3 saturated heterocycles. The number of carbonyl (C=O) groups excluding carboxylic acids is 1. The largest absolute Gasteiger partial charge is 0.472 e. The van der Waals surface area contributed by atoms with Gasteiger partial charge in [-0.2, -0.15) is 4.98 Å². The molecule has 0 radical (unpaired) electrons. The molecule has 1 saturated carbocycles. The van der Waals surface area contributed by atoms with Crippen LogP contribution in [0.2, 0.25) is 0 Å². The van der Waals surface area contributed by atoms with Gasteiger partial charge in [-0.15, -0.1) is 0 Å². The maximum absolute atomic E-state index is 13.6. The zero-order valence-electron chi connectivity index (χ0n) is 33.1. The number of hydrogen-bond donors (Lipinski definition) is 16. The summed E-state index contributed by atoms with van der Waals surface area (Å²) in [5, 5.41) is 90.3. The zero-order chi connectivity index (χ0) is 46.5. The van der Waals surface area contributed by atoms with Gasteiger partial charge in [-0.3, -0.25) is 28.2 Å². The lowest BCUT2D eigenvalue weighted by Crippen LogP contribution is -2.67. The van der Waals surface area contributed by atoms with E-state index in [4.69, 9.17) is 61.4 Å². The van der Waals surface area contributed by atoms with Crippen molar-refractivity contribution in [2.45, 2.75) is 123 Å². The number of guanidine groups is 2. The first kappa shape index (κ1) is 48.4. The molecule has 0 aromatic carbocycles. The fourth-order valence-corrected chi connectivity index (χ4v) is 8.72. The number of aldehydes is 1. The van der Waals surface area contributed by atoms with Crippen LogP contribution in [-0.2, 0) is 42.1 Å². The van der Waals surface area contributed by atoms with Gasteiger partial charge in [0.2, 0.25) is 5.95 Å². The number of ether oxygens (including phenoxy) is 5. The number of H-pyrrole nitrogens is 1. The second-order valence-electron chi connectivity index (χ2n) is 15.1. The Morgan fingerprint density at radius 1 is 0.952 bits per heavy atom. The quantitative estimate of drug-likeness (QED) is 0.0341. The maximum atomic E-state index is 13.6. The summed E-state index contributed by atoms with van der Waals surface area (Å²) in [7, 11) is -4.15. The number of aliphatic imine (C=N–C) groups is 2. The molecule has 21 N–H and O–H groups in total. The summed E-state index contributed by atoms with van der Waals surface area (Å²) in [4.78, 5) is 53.6. The monoisotopic (exact) mass is 926 g/mol. The Morgan fingerprint density at radius 3 is 2.19 bits per heavy atom. The molecule has 2 aromatic rings. The SMILES string of the molecule is CN[C@@H]1[C@H](O[C@H]2[C@H](O[C@H]3[C@H](O)[C@@H](OP(=O)(O)OC[C@H]4O[C@@H](n5cnc6c(=O)[nH]c(N)nc65)[C@H](O)[C@@H]4O)[C@H](N=C(N)N)[C@@H](O)[C@@H]3N=C(N)N)O[C@@H](C)[C@]2(O)C=O)O[C@@H](CO)[C@H](O)[C@H]1O.